The van der Waals surface area contributed by atoms with Gasteiger partial charge in [0.25, 0.3) is 0 Å². The largest absolute Gasteiger partial charge is 0.464 e. The number of methoxy groups -OCH3 is 1. The molecule has 2 fully saturated rings. The van der Waals surface area contributed by atoms with Gasteiger partial charge in [0.2, 0.25) is 5.91 Å². The number of benzene rings is 1. The van der Waals surface area contributed by atoms with Gasteiger partial charge in [-0.2, -0.15) is 0 Å². The molecule has 0 bridgehead atoms. The van der Waals surface area contributed by atoms with Gasteiger partial charge in [-0.15, -0.1) is 11.3 Å². The molecule has 7 nitrogen and oxygen atoms in total. The number of hydrogen-bond acceptors (Lipinski definition) is 7. The number of esters is 1. The van der Waals surface area contributed by atoms with Crippen LogP contribution in [0, 0.1) is 5.92 Å². The molecule has 1 aliphatic heterocycles. The number of nitrogens with one attached hydrogen (secondary N) is 3. The lowest BCUT2D eigenvalue weighted by atomic mass is 9.81. The summed E-state index contributed by atoms with van der Waals surface area (Å²) in [5.41, 5.74) is 7.72. The van der Waals surface area contributed by atoms with Crippen LogP contribution >= 0.6 is 11.3 Å². The van der Waals surface area contributed by atoms with Crippen LogP contribution in [0.5, 0.6) is 0 Å². The van der Waals surface area contributed by atoms with Crippen molar-refractivity contribution in [3.63, 3.8) is 0 Å². The van der Waals surface area contributed by atoms with Crippen LogP contribution in [-0.4, -0.2) is 36.1 Å². The highest BCUT2D eigenvalue weighted by molar-refractivity contribution is 7.16. The summed E-state index contributed by atoms with van der Waals surface area (Å²) in [4.78, 5) is 30.1. The van der Waals surface area contributed by atoms with E-state index in [4.69, 9.17) is 4.74 Å². The van der Waals surface area contributed by atoms with Crippen molar-refractivity contribution < 1.29 is 14.3 Å². The normalized spacial score (nSPS) is 23.8. The molecule has 3 atom stereocenters. The van der Waals surface area contributed by atoms with Gasteiger partial charge in [0.05, 0.1) is 7.11 Å². The first-order valence-electron chi connectivity index (χ1n) is 9.59. The van der Waals surface area contributed by atoms with Crippen LogP contribution in [0.25, 0.3) is 0 Å². The van der Waals surface area contributed by atoms with E-state index in [1.54, 1.807) is 0 Å². The van der Waals surface area contributed by atoms with Crippen LogP contribution < -0.4 is 16.2 Å². The first kappa shape index (κ1) is 19.0. The molecule has 3 N–H and O–H groups in total. The zero-order valence-corrected chi connectivity index (χ0v) is 16.6. The van der Waals surface area contributed by atoms with Crippen molar-refractivity contribution in [2.24, 2.45) is 5.92 Å². The van der Waals surface area contributed by atoms with Crippen LogP contribution in [-0.2, 0) is 16.0 Å². The molecule has 1 saturated heterocycles. The maximum atomic E-state index is 12.8. The highest BCUT2D eigenvalue weighted by Crippen LogP contribution is 2.31. The minimum Gasteiger partial charge on any atom is -0.464 e. The van der Waals surface area contributed by atoms with Gasteiger partial charge in [-0.1, -0.05) is 43.2 Å². The SMILES string of the molecule is COC(=O)c1nc(NC(=O)C2NNC3CCCCC32)sc1Cc1ccccc1. The van der Waals surface area contributed by atoms with Gasteiger partial charge in [0.15, 0.2) is 10.8 Å². The third kappa shape index (κ3) is 3.94. The molecule has 2 aliphatic rings. The third-order valence-electron chi connectivity index (χ3n) is 5.47. The van der Waals surface area contributed by atoms with E-state index in [0.29, 0.717) is 17.6 Å². The van der Waals surface area contributed by atoms with Gasteiger partial charge >= 0.3 is 5.97 Å². The molecule has 28 heavy (non-hydrogen) atoms. The molecule has 1 aliphatic carbocycles. The maximum absolute atomic E-state index is 12.8. The smallest absolute Gasteiger partial charge is 0.357 e. The minimum absolute atomic E-state index is 0.113. The molecular weight excluding hydrogens is 376 g/mol. The quantitative estimate of drug-likeness (QED) is 0.668. The van der Waals surface area contributed by atoms with Gasteiger partial charge in [0, 0.05) is 23.3 Å². The molecule has 4 rings (SSSR count). The molecule has 148 valence electrons. The van der Waals surface area contributed by atoms with Crippen LogP contribution in [0.2, 0.25) is 0 Å². The van der Waals surface area contributed by atoms with Crippen LogP contribution in [0.15, 0.2) is 30.3 Å². The van der Waals surface area contributed by atoms with E-state index in [9.17, 15) is 9.59 Å². The third-order valence-corrected chi connectivity index (χ3v) is 6.44. The zero-order valence-electron chi connectivity index (χ0n) is 15.7. The van der Waals surface area contributed by atoms with Gasteiger partial charge in [0.1, 0.15) is 6.04 Å². The van der Waals surface area contributed by atoms with Crippen LogP contribution in [0.4, 0.5) is 5.13 Å². The summed E-state index contributed by atoms with van der Waals surface area (Å²) in [6.45, 7) is 0. The summed E-state index contributed by atoms with van der Waals surface area (Å²) in [5.74, 6) is -0.313. The zero-order chi connectivity index (χ0) is 19.5. The second kappa shape index (κ2) is 8.38. The Morgan fingerprint density at radius 2 is 2.00 bits per heavy atom. The predicted molar refractivity (Wildman–Crippen MR) is 107 cm³/mol. The average molecular weight is 401 g/mol. The van der Waals surface area contributed by atoms with Crippen molar-refractivity contribution in [3.05, 3.63) is 46.5 Å². The van der Waals surface area contributed by atoms with E-state index in [0.717, 1.165) is 29.7 Å². The second-order valence-corrected chi connectivity index (χ2v) is 8.34. The summed E-state index contributed by atoms with van der Waals surface area (Å²) in [6.07, 6.45) is 5.04. The molecular formula is C20H24N4O3S. The molecule has 3 unspecified atom stereocenters. The monoisotopic (exact) mass is 400 g/mol. The van der Waals surface area contributed by atoms with E-state index in [-0.39, 0.29) is 23.6 Å². The molecule has 2 heterocycles. The number of carbonyl (C=O) groups is 2. The van der Waals surface area contributed by atoms with E-state index in [2.05, 4.69) is 21.2 Å². The Balaban J connectivity index is 1.51. The molecule has 0 spiro atoms. The summed E-state index contributed by atoms with van der Waals surface area (Å²) in [6, 6.07) is 9.91. The van der Waals surface area contributed by atoms with Crippen molar-refractivity contribution in [3.8, 4) is 0 Å². The Bertz CT molecular complexity index is 854. The Morgan fingerprint density at radius 3 is 2.79 bits per heavy atom. The van der Waals surface area contributed by atoms with E-state index < -0.39 is 5.97 Å². The summed E-state index contributed by atoms with van der Waals surface area (Å²) < 4.78 is 4.87. The van der Waals surface area contributed by atoms with Crippen molar-refractivity contribution in [2.75, 3.05) is 12.4 Å². The Morgan fingerprint density at radius 1 is 1.21 bits per heavy atom. The lowest BCUT2D eigenvalue weighted by Gasteiger charge is -2.26. The first-order valence-corrected chi connectivity index (χ1v) is 10.4. The van der Waals surface area contributed by atoms with E-state index in [1.165, 1.54) is 24.9 Å². The predicted octanol–water partition coefficient (Wildman–Crippen LogP) is 2.49. The fraction of sp³-hybridized carbons (Fsp3) is 0.450. The lowest BCUT2D eigenvalue weighted by Crippen LogP contribution is -2.42. The fourth-order valence-corrected chi connectivity index (χ4v) is 5.03. The molecule has 2 aromatic rings. The number of anilines is 1. The highest BCUT2D eigenvalue weighted by Gasteiger charge is 2.41. The number of rotatable bonds is 5. The number of hydrazine groups is 1. The first-order chi connectivity index (χ1) is 13.7. The maximum Gasteiger partial charge on any atom is 0.357 e. The molecule has 1 amide bonds. The Hall–Kier alpha value is -2.29. The Kier molecular flexibility index (Phi) is 5.70. The molecule has 1 saturated carbocycles. The van der Waals surface area contributed by atoms with Gasteiger partial charge in [-0.25, -0.2) is 15.2 Å². The summed E-state index contributed by atoms with van der Waals surface area (Å²) >= 11 is 1.32. The van der Waals surface area contributed by atoms with Gasteiger partial charge in [-0.3, -0.25) is 10.2 Å². The van der Waals surface area contributed by atoms with E-state index in [1.807, 2.05) is 30.3 Å². The van der Waals surface area contributed by atoms with Crippen molar-refractivity contribution in [1.29, 1.82) is 0 Å². The number of ether oxygens (including phenoxy) is 1. The van der Waals surface area contributed by atoms with Crippen molar-refractivity contribution in [1.82, 2.24) is 15.8 Å². The molecule has 8 heteroatoms. The lowest BCUT2D eigenvalue weighted by molar-refractivity contribution is -0.118. The summed E-state index contributed by atoms with van der Waals surface area (Å²) in [5, 5.41) is 3.33. The number of aromatic nitrogens is 1. The number of thiazole rings is 1. The second-order valence-electron chi connectivity index (χ2n) is 7.26. The fourth-order valence-electron chi connectivity index (χ4n) is 4.05. The van der Waals surface area contributed by atoms with Crippen LogP contribution in [0.3, 0.4) is 0 Å². The Labute approximate surface area is 167 Å². The van der Waals surface area contributed by atoms with Gasteiger partial charge < -0.3 is 10.1 Å². The van der Waals surface area contributed by atoms with Crippen LogP contribution in [0.1, 0.15) is 46.6 Å². The summed E-state index contributed by atoms with van der Waals surface area (Å²) in [7, 11) is 1.34. The standard InChI is InChI=1S/C20H24N4O3S/c1-27-19(26)17-15(11-12-7-3-2-4-8-12)28-20(21-17)22-18(25)16-13-9-5-6-10-14(13)23-24-16/h2-4,7-8,13-14,16,23-24H,5-6,9-11H2,1H3,(H,21,22,25). The number of nitrogens with zero attached hydrogens (tertiary/aromatic N) is 1. The molecule has 1 aromatic heterocycles. The number of amides is 1. The van der Waals surface area contributed by atoms with Crippen molar-refractivity contribution in [2.45, 2.75) is 44.2 Å². The number of carbonyl (C=O) groups excluding carboxylic acids is 2. The van der Waals surface area contributed by atoms with E-state index >= 15 is 0 Å². The highest BCUT2D eigenvalue weighted by atomic mass is 32.1. The minimum atomic E-state index is -0.490. The number of hydrogen-bond donors (Lipinski definition) is 3. The molecule has 1 aromatic carbocycles. The number of fused-ring (bicyclic) bond motifs is 1. The average Bonchev–Trinajstić information content (AvgIpc) is 3.32. The molecule has 0 radical (unpaired) electrons. The van der Waals surface area contributed by atoms with Gasteiger partial charge in [-0.05, 0) is 18.4 Å². The topological polar surface area (TPSA) is 92.3 Å². The van der Waals surface area contributed by atoms with Crippen molar-refractivity contribution >= 4 is 28.3 Å².